The SMILES string of the molecule is O=C(OC[C@@H]1CC(O)[C@H](n2cnc3c(NC4CCC(O)CC4)ncnc32)O1)c1ccccc1. The molecule has 1 unspecified atom stereocenters. The third kappa shape index (κ3) is 4.68. The van der Waals surface area contributed by atoms with Gasteiger partial charge in [0.2, 0.25) is 0 Å². The minimum Gasteiger partial charge on any atom is -0.459 e. The first-order chi connectivity index (χ1) is 16.1. The van der Waals surface area contributed by atoms with Crippen LogP contribution >= 0.6 is 0 Å². The maximum atomic E-state index is 12.2. The van der Waals surface area contributed by atoms with Crippen molar-refractivity contribution in [2.75, 3.05) is 11.9 Å². The third-order valence-corrected chi connectivity index (χ3v) is 6.25. The van der Waals surface area contributed by atoms with E-state index in [-0.39, 0.29) is 18.8 Å². The van der Waals surface area contributed by atoms with Crippen LogP contribution in [0.5, 0.6) is 0 Å². The lowest BCUT2D eigenvalue weighted by Crippen LogP contribution is -2.28. The molecule has 0 spiro atoms. The zero-order valence-electron chi connectivity index (χ0n) is 18.1. The monoisotopic (exact) mass is 453 g/mol. The molecule has 1 saturated carbocycles. The average molecular weight is 453 g/mol. The van der Waals surface area contributed by atoms with Crippen molar-refractivity contribution in [1.82, 2.24) is 19.5 Å². The molecule has 0 amide bonds. The Balaban J connectivity index is 1.26. The van der Waals surface area contributed by atoms with Gasteiger partial charge in [0.05, 0.1) is 24.1 Å². The Morgan fingerprint density at radius 2 is 1.91 bits per heavy atom. The Morgan fingerprint density at radius 1 is 1.12 bits per heavy atom. The molecular weight excluding hydrogens is 426 g/mol. The molecule has 3 N–H and O–H groups in total. The number of benzene rings is 1. The van der Waals surface area contributed by atoms with Gasteiger partial charge in [0.15, 0.2) is 23.2 Å². The van der Waals surface area contributed by atoms with E-state index in [0.717, 1.165) is 25.7 Å². The molecule has 1 aliphatic heterocycles. The van der Waals surface area contributed by atoms with Crippen molar-refractivity contribution in [2.45, 2.75) is 62.7 Å². The molecule has 2 fully saturated rings. The Bertz CT molecular complexity index is 1100. The molecule has 2 aliphatic rings. The molecule has 3 aromatic rings. The number of anilines is 1. The van der Waals surface area contributed by atoms with Gasteiger partial charge in [0.1, 0.15) is 19.0 Å². The summed E-state index contributed by atoms with van der Waals surface area (Å²) in [5.41, 5.74) is 1.62. The largest absolute Gasteiger partial charge is 0.459 e. The van der Waals surface area contributed by atoms with Crippen molar-refractivity contribution < 1.29 is 24.5 Å². The second-order valence-corrected chi connectivity index (χ2v) is 8.61. The molecular formula is C23H27N5O5. The Labute approximate surface area is 190 Å². The number of rotatable bonds is 6. The molecule has 0 radical (unpaired) electrons. The van der Waals surface area contributed by atoms with Gasteiger partial charge in [-0.25, -0.2) is 19.7 Å². The lowest BCUT2D eigenvalue weighted by atomic mass is 9.93. The Morgan fingerprint density at radius 3 is 2.70 bits per heavy atom. The van der Waals surface area contributed by atoms with E-state index in [2.05, 4.69) is 20.3 Å². The summed E-state index contributed by atoms with van der Waals surface area (Å²) in [5, 5.41) is 23.8. The van der Waals surface area contributed by atoms with Crippen LogP contribution in [0.2, 0.25) is 0 Å². The van der Waals surface area contributed by atoms with Gasteiger partial charge in [-0.15, -0.1) is 0 Å². The summed E-state index contributed by atoms with van der Waals surface area (Å²) in [7, 11) is 0. The number of carbonyl (C=O) groups is 1. The van der Waals surface area contributed by atoms with Gasteiger partial charge in [-0.05, 0) is 37.8 Å². The van der Waals surface area contributed by atoms with Crippen LogP contribution in [0.1, 0.15) is 48.7 Å². The fourth-order valence-corrected chi connectivity index (χ4v) is 4.47. The summed E-state index contributed by atoms with van der Waals surface area (Å²) < 4.78 is 13.1. The van der Waals surface area contributed by atoms with Crippen molar-refractivity contribution in [3.05, 3.63) is 48.5 Å². The molecule has 1 saturated heterocycles. The molecule has 3 heterocycles. The van der Waals surface area contributed by atoms with E-state index in [4.69, 9.17) is 9.47 Å². The van der Waals surface area contributed by atoms with E-state index in [0.29, 0.717) is 29.0 Å². The smallest absolute Gasteiger partial charge is 0.338 e. The number of esters is 1. The zero-order chi connectivity index (χ0) is 22.8. The predicted octanol–water partition coefficient (Wildman–Crippen LogP) is 2.05. The molecule has 0 bridgehead atoms. The van der Waals surface area contributed by atoms with Gasteiger partial charge in [-0.2, -0.15) is 0 Å². The minimum atomic E-state index is -0.797. The van der Waals surface area contributed by atoms with Crippen LogP contribution in [0.4, 0.5) is 5.82 Å². The van der Waals surface area contributed by atoms with Crippen LogP contribution in [-0.4, -0.2) is 66.7 Å². The van der Waals surface area contributed by atoms with E-state index >= 15 is 0 Å². The van der Waals surface area contributed by atoms with E-state index in [9.17, 15) is 15.0 Å². The van der Waals surface area contributed by atoms with E-state index in [1.165, 1.54) is 6.33 Å². The highest BCUT2D eigenvalue weighted by Crippen LogP contribution is 2.32. The molecule has 33 heavy (non-hydrogen) atoms. The summed E-state index contributed by atoms with van der Waals surface area (Å²) in [5.74, 6) is 0.199. The number of carbonyl (C=O) groups excluding carboxylic acids is 1. The van der Waals surface area contributed by atoms with Gasteiger partial charge in [0, 0.05) is 12.5 Å². The van der Waals surface area contributed by atoms with E-state index in [1.54, 1.807) is 35.2 Å². The van der Waals surface area contributed by atoms with E-state index in [1.807, 2.05) is 6.07 Å². The summed E-state index contributed by atoms with van der Waals surface area (Å²) >= 11 is 0. The molecule has 1 aliphatic carbocycles. The Kier molecular flexibility index (Phi) is 6.21. The van der Waals surface area contributed by atoms with Gasteiger partial charge in [-0.1, -0.05) is 18.2 Å². The number of aromatic nitrogens is 4. The van der Waals surface area contributed by atoms with Crippen molar-refractivity contribution in [2.24, 2.45) is 0 Å². The number of hydrogen-bond donors (Lipinski definition) is 3. The Hall–Kier alpha value is -3.08. The number of imidazole rings is 1. The fraction of sp³-hybridized carbons (Fsp3) is 0.478. The number of aliphatic hydroxyl groups excluding tert-OH is 2. The summed E-state index contributed by atoms with van der Waals surface area (Å²) in [6, 6.07) is 8.97. The van der Waals surface area contributed by atoms with Gasteiger partial charge in [0.25, 0.3) is 0 Å². The summed E-state index contributed by atoms with van der Waals surface area (Å²) in [6.45, 7) is 0.0449. The fourth-order valence-electron chi connectivity index (χ4n) is 4.47. The van der Waals surface area contributed by atoms with Crippen LogP contribution in [0.3, 0.4) is 0 Å². The predicted molar refractivity (Wildman–Crippen MR) is 118 cm³/mol. The summed E-state index contributed by atoms with van der Waals surface area (Å²) in [4.78, 5) is 25.4. The highest BCUT2D eigenvalue weighted by molar-refractivity contribution is 5.89. The number of aliphatic hydroxyl groups is 2. The molecule has 10 nitrogen and oxygen atoms in total. The lowest BCUT2D eigenvalue weighted by molar-refractivity contribution is -0.0531. The number of nitrogens with zero attached hydrogens (tertiary/aromatic N) is 4. The number of nitrogens with one attached hydrogen (secondary N) is 1. The quantitative estimate of drug-likeness (QED) is 0.480. The molecule has 10 heteroatoms. The molecule has 5 rings (SSSR count). The average Bonchev–Trinajstić information content (AvgIpc) is 3.43. The van der Waals surface area contributed by atoms with Crippen LogP contribution < -0.4 is 5.32 Å². The minimum absolute atomic E-state index is 0.0449. The van der Waals surface area contributed by atoms with Crippen molar-refractivity contribution >= 4 is 23.0 Å². The van der Waals surface area contributed by atoms with Crippen LogP contribution in [-0.2, 0) is 9.47 Å². The summed E-state index contributed by atoms with van der Waals surface area (Å²) in [6.07, 6.45) is 4.46. The molecule has 174 valence electrons. The first-order valence-corrected chi connectivity index (χ1v) is 11.3. The normalized spacial score (nSPS) is 27.5. The topological polar surface area (TPSA) is 132 Å². The lowest BCUT2D eigenvalue weighted by Gasteiger charge is -2.26. The second kappa shape index (κ2) is 9.42. The maximum absolute atomic E-state index is 12.2. The molecule has 3 atom stereocenters. The van der Waals surface area contributed by atoms with Crippen molar-refractivity contribution in [3.63, 3.8) is 0 Å². The number of fused-ring (bicyclic) bond motifs is 1. The molecule has 2 aromatic heterocycles. The van der Waals surface area contributed by atoms with Crippen LogP contribution in [0.15, 0.2) is 43.0 Å². The highest BCUT2D eigenvalue weighted by atomic mass is 16.6. The van der Waals surface area contributed by atoms with Gasteiger partial charge < -0.3 is 25.0 Å². The van der Waals surface area contributed by atoms with E-state index < -0.39 is 24.4 Å². The molecule has 1 aromatic carbocycles. The number of hydrogen-bond acceptors (Lipinski definition) is 9. The first kappa shape index (κ1) is 21.7. The van der Waals surface area contributed by atoms with Crippen LogP contribution in [0.25, 0.3) is 11.2 Å². The standard InChI is InChI=1S/C23H27N5O5/c29-16-8-6-15(7-9-16)27-20-19-21(25-12-24-20)28(13-26-19)22-18(30)10-17(33-22)11-32-23(31)14-4-2-1-3-5-14/h1-5,12-13,15-18,22,29-30H,6-11H2,(H,24,25,27)/t15?,16?,17-,18?,22+/m0/s1. The van der Waals surface area contributed by atoms with Crippen LogP contribution in [0, 0.1) is 0 Å². The van der Waals surface area contributed by atoms with Gasteiger partial charge >= 0.3 is 5.97 Å². The van der Waals surface area contributed by atoms with Crippen molar-refractivity contribution in [1.29, 1.82) is 0 Å². The maximum Gasteiger partial charge on any atom is 0.338 e. The first-order valence-electron chi connectivity index (χ1n) is 11.3. The second-order valence-electron chi connectivity index (χ2n) is 8.61. The van der Waals surface area contributed by atoms with Gasteiger partial charge in [-0.3, -0.25) is 4.57 Å². The number of ether oxygens (including phenoxy) is 2. The zero-order valence-corrected chi connectivity index (χ0v) is 18.1. The third-order valence-electron chi connectivity index (χ3n) is 6.25. The highest BCUT2D eigenvalue weighted by Gasteiger charge is 2.37. The van der Waals surface area contributed by atoms with Crippen molar-refractivity contribution in [3.8, 4) is 0 Å².